The molecule has 0 unspecified atom stereocenters. The second-order valence-corrected chi connectivity index (χ2v) is 4.66. The molecule has 0 radical (unpaired) electrons. The smallest absolute Gasteiger partial charge is 0.306 e. The Morgan fingerprint density at radius 1 is 1.21 bits per heavy atom. The first-order chi connectivity index (χ1) is 8.85. The van der Waals surface area contributed by atoms with Crippen LogP contribution in [0.4, 0.5) is 0 Å². The van der Waals surface area contributed by atoms with Gasteiger partial charge in [0.1, 0.15) is 0 Å². The minimum Gasteiger partial charge on any atom is -0.469 e. The summed E-state index contributed by atoms with van der Waals surface area (Å²) in [6.45, 7) is 1.52. The first-order valence-electron chi connectivity index (χ1n) is 5.84. The van der Waals surface area contributed by atoms with Crippen molar-refractivity contribution in [1.29, 1.82) is 0 Å². The van der Waals surface area contributed by atoms with Crippen LogP contribution in [0.5, 0.6) is 0 Å². The van der Waals surface area contributed by atoms with E-state index in [9.17, 15) is 19.2 Å². The molecule has 0 aromatic rings. The zero-order valence-corrected chi connectivity index (χ0v) is 11.1. The quantitative estimate of drug-likeness (QED) is 0.548. The first kappa shape index (κ1) is 15.1. The van der Waals surface area contributed by atoms with Crippen molar-refractivity contribution in [3.63, 3.8) is 0 Å². The summed E-state index contributed by atoms with van der Waals surface area (Å²) < 4.78 is 9.03. The third kappa shape index (κ3) is 3.10. The number of amides is 2. The van der Waals surface area contributed by atoms with E-state index in [-0.39, 0.29) is 19.3 Å². The normalized spacial score (nSPS) is 25.9. The monoisotopic (exact) mass is 271 g/mol. The molecular weight excluding hydrogens is 254 g/mol. The fraction of sp³-hybridized carbons (Fsp3) is 0.667. The molecule has 1 rings (SSSR count). The summed E-state index contributed by atoms with van der Waals surface area (Å²) in [6.07, 6.45) is -0.0384. The highest BCUT2D eigenvalue weighted by atomic mass is 16.5. The van der Waals surface area contributed by atoms with Gasteiger partial charge < -0.3 is 9.47 Å². The maximum Gasteiger partial charge on any atom is 0.306 e. The van der Waals surface area contributed by atoms with Gasteiger partial charge in [0.2, 0.25) is 11.8 Å². The zero-order chi connectivity index (χ0) is 14.6. The summed E-state index contributed by atoms with van der Waals surface area (Å²) in [5, 5.41) is 2.19. The highest BCUT2D eigenvalue weighted by Gasteiger charge is 2.52. The average molecular weight is 271 g/mol. The van der Waals surface area contributed by atoms with Crippen LogP contribution in [0.1, 0.15) is 26.2 Å². The summed E-state index contributed by atoms with van der Waals surface area (Å²) in [6, 6.07) is 0. The molecule has 1 aliphatic rings. The Hall–Kier alpha value is -1.92. The standard InChI is InChI=1S/C12H17NO6/c1-12(6-9(15)19-3)7(4-5-8(14)18-2)10(16)13-11(12)17/h7H,4-6H2,1-3H3,(H,13,16,17)/t7-,12+/m1/s1. The summed E-state index contributed by atoms with van der Waals surface area (Å²) >= 11 is 0. The highest BCUT2D eigenvalue weighted by molar-refractivity contribution is 6.08. The van der Waals surface area contributed by atoms with E-state index in [1.54, 1.807) is 0 Å². The molecule has 19 heavy (non-hydrogen) atoms. The van der Waals surface area contributed by atoms with E-state index in [0.717, 1.165) is 0 Å². The maximum absolute atomic E-state index is 11.8. The molecule has 0 bridgehead atoms. The molecule has 7 heteroatoms. The molecule has 1 fully saturated rings. The number of rotatable bonds is 5. The van der Waals surface area contributed by atoms with Crippen LogP contribution < -0.4 is 5.32 Å². The van der Waals surface area contributed by atoms with Crippen LogP contribution in [0.2, 0.25) is 0 Å². The number of imide groups is 1. The number of hydrogen-bond acceptors (Lipinski definition) is 6. The summed E-state index contributed by atoms with van der Waals surface area (Å²) in [5.41, 5.74) is -1.18. The van der Waals surface area contributed by atoms with Crippen LogP contribution >= 0.6 is 0 Å². The number of ether oxygens (including phenoxy) is 2. The molecule has 2 atom stereocenters. The number of carbonyl (C=O) groups excluding carboxylic acids is 4. The number of nitrogens with one attached hydrogen (secondary N) is 1. The van der Waals surface area contributed by atoms with Gasteiger partial charge in [0.25, 0.3) is 0 Å². The van der Waals surface area contributed by atoms with Crippen LogP contribution in [0.25, 0.3) is 0 Å². The van der Waals surface area contributed by atoms with Gasteiger partial charge in [-0.15, -0.1) is 0 Å². The van der Waals surface area contributed by atoms with Crippen LogP contribution in [0, 0.1) is 11.3 Å². The molecule has 0 aliphatic carbocycles. The van der Waals surface area contributed by atoms with Crippen molar-refractivity contribution in [2.75, 3.05) is 14.2 Å². The second-order valence-electron chi connectivity index (χ2n) is 4.66. The molecule has 1 heterocycles. The van der Waals surface area contributed by atoms with Gasteiger partial charge in [-0.3, -0.25) is 24.5 Å². The van der Waals surface area contributed by atoms with Crippen molar-refractivity contribution in [3.05, 3.63) is 0 Å². The van der Waals surface area contributed by atoms with Gasteiger partial charge in [-0.1, -0.05) is 0 Å². The number of hydrogen-bond donors (Lipinski definition) is 1. The lowest BCUT2D eigenvalue weighted by Crippen LogP contribution is -2.35. The second kappa shape index (κ2) is 5.81. The third-order valence-electron chi connectivity index (χ3n) is 3.45. The van der Waals surface area contributed by atoms with E-state index in [1.807, 2.05) is 0 Å². The molecule has 1 aliphatic heterocycles. The predicted octanol–water partition coefficient (Wildman–Crippen LogP) is -0.218. The maximum atomic E-state index is 11.8. The molecule has 0 aromatic heterocycles. The lowest BCUT2D eigenvalue weighted by molar-refractivity contribution is -0.147. The van der Waals surface area contributed by atoms with E-state index in [1.165, 1.54) is 21.1 Å². The van der Waals surface area contributed by atoms with Crippen LogP contribution in [0.3, 0.4) is 0 Å². The lowest BCUT2D eigenvalue weighted by Gasteiger charge is -2.25. The topological polar surface area (TPSA) is 98.8 Å². The van der Waals surface area contributed by atoms with Crippen molar-refractivity contribution in [2.45, 2.75) is 26.2 Å². The van der Waals surface area contributed by atoms with Gasteiger partial charge in [-0.05, 0) is 13.3 Å². The number of esters is 2. The zero-order valence-electron chi connectivity index (χ0n) is 11.1. The van der Waals surface area contributed by atoms with Gasteiger partial charge in [0, 0.05) is 6.42 Å². The summed E-state index contributed by atoms with van der Waals surface area (Å²) in [7, 11) is 2.46. The van der Waals surface area contributed by atoms with Crippen molar-refractivity contribution < 1.29 is 28.7 Å². The Kier molecular flexibility index (Phi) is 4.63. The van der Waals surface area contributed by atoms with E-state index >= 15 is 0 Å². The van der Waals surface area contributed by atoms with Crippen molar-refractivity contribution >= 4 is 23.8 Å². The minimum atomic E-state index is -1.18. The van der Waals surface area contributed by atoms with E-state index in [0.29, 0.717) is 0 Å². The molecule has 1 saturated heterocycles. The van der Waals surface area contributed by atoms with Crippen LogP contribution in [-0.4, -0.2) is 38.0 Å². The molecular formula is C12H17NO6. The first-order valence-corrected chi connectivity index (χ1v) is 5.84. The number of carbonyl (C=O) groups is 4. The number of methoxy groups -OCH3 is 2. The SMILES string of the molecule is COC(=O)CC[C@@H]1C(=O)NC(=O)[C@@]1(C)CC(=O)OC. The Labute approximate surface area is 110 Å². The van der Waals surface area contributed by atoms with Gasteiger partial charge in [0.15, 0.2) is 0 Å². The molecule has 0 saturated carbocycles. The Morgan fingerprint density at radius 3 is 2.32 bits per heavy atom. The van der Waals surface area contributed by atoms with Gasteiger partial charge in [-0.25, -0.2) is 0 Å². The van der Waals surface area contributed by atoms with Crippen LogP contribution in [0.15, 0.2) is 0 Å². The molecule has 106 valence electrons. The fourth-order valence-electron chi connectivity index (χ4n) is 2.18. The van der Waals surface area contributed by atoms with Crippen molar-refractivity contribution in [3.8, 4) is 0 Å². The average Bonchev–Trinajstić information content (AvgIpc) is 2.57. The molecule has 0 aromatic carbocycles. The highest BCUT2D eigenvalue weighted by Crippen LogP contribution is 2.39. The van der Waals surface area contributed by atoms with Gasteiger partial charge in [0.05, 0.1) is 32.0 Å². The predicted molar refractivity (Wildman–Crippen MR) is 62.6 cm³/mol. The largest absolute Gasteiger partial charge is 0.469 e. The minimum absolute atomic E-state index is 0.0125. The van der Waals surface area contributed by atoms with Gasteiger partial charge in [-0.2, -0.15) is 0 Å². The third-order valence-corrected chi connectivity index (χ3v) is 3.45. The molecule has 1 N–H and O–H groups in total. The lowest BCUT2D eigenvalue weighted by atomic mass is 9.74. The van der Waals surface area contributed by atoms with Gasteiger partial charge >= 0.3 is 11.9 Å². The fourth-order valence-corrected chi connectivity index (χ4v) is 2.18. The molecule has 0 spiro atoms. The Bertz CT molecular complexity index is 418. The Morgan fingerprint density at radius 2 is 1.79 bits per heavy atom. The van der Waals surface area contributed by atoms with E-state index in [2.05, 4.69) is 14.8 Å². The Balaban J connectivity index is 2.84. The molecule has 7 nitrogen and oxygen atoms in total. The summed E-state index contributed by atoms with van der Waals surface area (Å²) in [4.78, 5) is 46.0. The van der Waals surface area contributed by atoms with Crippen LogP contribution in [-0.2, 0) is 28.7 Å². The molecule has 2 amide bonds. The van der Waals surface area contributed by atoms with Crippen molar-refractivity contribution in [2.24, 2.45) is 11.3 Å². The van der Waals surface area contributed by atoms with E-state index < -0.39 is 35.1 Å². The van der Waals surface area contributed by atoms with E-state index in [4.69, 9.17) is 0 Å². The summed E-state index contributed by atoms with van der Waals surface area (Å²) in [5.74, 6) is -2.76. The van der Waals surface area contributed by atoms with Crippen molar-refractivity contribution in [1.82, 2.24) is 5.32 Å².